The van der Waals surface area contributed by atoms with Crippen molar-refractivity contribution in [1.82, 2.24) is 24.1 Å². The lowest BCUT2D eigenvalue weighted by Crippen LogP contribution is -2.07. The summed E-state index contributed by atoms with van der Waals surface area (Å²) in [5, 5.41) is -3.11. The minimum absolute atomic E-state index is 0.626. The smallest absolute Gasteiger partial charge is 0.238 e. The average Bonchev–Trinajstić information content (AvgIpc) is 1.52. The fourth-order valence-electron chi connectivity index (χ4n) is 6.83. The van der Waals surface area contributed by atoms with Gasteiger partial charge in [-0.2, -0.15) is 9.97 Å². The second-order valence-corrected chi connectivity index (χ2v) is 12.8. The molecule has 0 saturated carbocycles. The zero-order chi connectivity index (χ0) is 73.2. The van der Waals surface area contributed by atoms with Crippen LogP contribution in [0.5, 0.6) is 0 Å². The summed E-state index contributed by atoms with van der Waals surface area (Å²) in [5.74, 6) is -3.25. The largest absolute Gasteiger partial charge is 0.307 e. The zero-order valence-electron chi connectivity index (χ0n) is 67.7. The highest BCUT2D eigenvalue weighted by Crippen LogP contribution is 2.43. The Morgan fingerprint density at radius 1 is 0.306 bits per heavy atom. The van der Waals surface area contributed by atoms with Crippen molar-refractivity contribution >= 4 is 43.6 Å². The molecule has 0 atom stereocenters. The van der Waals surface area contributed by atoms with Crippen LogP contribution in [-0.2, 0) is 0 Å². The Labute approximate surface area is 410 Å². The molecular weight excluding hydrogens is 755 g/mol. The van der Waals surface area contributed by atoms with Crippen molar-refractivity contribution in [3.8, 4) is 67.8 Å². The summed E-state index contributed by atoms with van der Waals surface area (Å²) in [6.07, 6.45) is 0. The molecule has 0 bridgehead atoms. The van der Waals surface area contributed by atoms with Crippen molar-refractivity contribution in [3.05, 3.63) is 224 Å². The zero-order valence-corrected chi connectivity index (χ0v) is 30.7. The normalized spacial score (nSPS) is 19.9. The highest BCUT2D eigenvalue weighted by atomic mass is 15.2. The number of nitrogens with zero attached hydrogens (tertiary/aromatic N) is 5. The molecule has 3 heterocycles. The van der Waals surface area contributed by atoms with Crippen molar-refractivity contribution < 1.29 is 50.7 Å². The predicted molar refractivity (Wildman–Crippen MR) is 256 cm³/mol. The van der Waals surface area contributed by atoms with Crippen LogP contribution in [0.4, 0.5) is 0 Å². The highest BCUT2D eigenvalue weighted by molar-refractivity contribution is 6.24. The third kappa shape index (κ3) is 5.90. The van der Waals surface area contributed by atoms with Crippen molar-refractivity contribution in [3.63, 3.8) is 0 Å². The summed E-state index contributed by atoms with van der Waals surface area (Å²) in [6, 6.07) is -39.8. The Bertz CT molecular complexity index is 5720. The second-order valence-electron chi connectivity index (χ2n) is 12.8. The number of hydrogen-bond donors (Lipinski definition) is 0. The van der Waals surface area contributed by atoms with Crippen LogP contribution in [0, 0.1) is 0 Å². The van der Waals surface area contributed by atoms with E-state index in [4.69, 9.17) is 30.2 Å². The Balaban J connectivity index is 1.38. The first kappa shape index (κ1) is 14.4. The van der Waals surface area contributed by atoms with Crippen LogP contribution < -0.4 is 0 Å². The van der Waals surface area contributed by atoms with Crippen LogP contribution in [0.2, 0.25) is 0 Å². The lowest BCUT2D eigenvalue weighted by Gasteiger charge is -2.16. The molecule has 290 valence electrons. The van der Waals surface area contributed by atoms with Gasteiger partial charge in [0, 0.05) is 38.2 Å². The van der Waals surface area contributed by atoms with Crippen LogP contribution in [-0.4, -0.2) is 24.1 Å². The molecule has 9 aromatic carbocycles. The molecule has 62 heavy (non-hydrogen) atoms. The molecule has 0 fully saturated rings. The van der Waals surface area contributed by atoms with Crippen molar-refractivity contribution in [2.75, 3.05) is 0 Å². The monoisotopic (exact) mass is 829 g/mol. The molecule has 0 spiro atoms. The van der Waals surface area contributed by atoms with E-state index in [1.54, 1.807) is 0 Å². The van der Waals surface area contributed by atoms with Crippen LogP contribution in [0.15, 0.2) is 224 Å². The molecule has 0 aliphatic heterocycles. The summed E-state index contributed by atoms with van der Waals surface area (Å²) < 4.78 is 338. The van der Waals surface area contributed by atoms with Gasteiger partial charge < -0.3 is 4.57 Å². The van der Waals surface area contributed by atoms with Gasteiger partial charge in [0.15, 0.2) is 11.6 Å². The summed E-state index contributed by atoms with van der Waals surface area (Å²) in [4.78, 5) is 13.4. The molecule has 0 unspecified atom stereocenters. The van der Waals surface area contributed by atoms with Crippen molar-refractivity contribution in [2.45, 2.75) is 0 Å². The quantitative estimate of drug-likeness (QED) is 0.161. The van der Waals surface area contributed by atoms with Gasteiger partial charge in [0.1, 0.15) is 0 Å². The second kappa shape index (κ2) is 14.7. The Kier molecular flexibility index (Phi) is 3.40. The molecular formula is C57H37N5. The lowest BCUT2D eigenvalue weighted by molar-refractivity contribution is 0.953. The summed E-state index contributed by atoms with van der Waals surface area (Å²) in [6.45, 7) is 0. The van der Waals surface area contributed by atoms with Crippen LogP contribution in [0.3, 0.4) is 0 Å². The number of aromatic nitrogens is 5. The van der Waals surface area contributed by atoms with E-state index in [0.29, 0.717) is 9.13 Å². The SMILES string of the molecule is [2H]c1c([2H])c([2H])c(-c2nc(-c3c([2H])c([2H])c(-c4c([2H])c([2H])c([2H])c([2H])c4[2H])c([2H])c3[2H])nc(-n3c4c([2H])c([2H])c([2H])c([2H])c4c4c([2H])c([2H])c5c6c([2H])c([2H])c([2H])c([2H])c6n(-c6c([2H])c([2H])c([2H])c([2H])c6-c6c([2H])c([2H])c([2H])c(-c7c([2H])c([2H])c([2H])c([2H])c7[2H])c6[2H])c5c43)n2)c([2H])c1[2H]. The third-order valence-electron chi connectivity index (χ3n) is 9.40. The average molecular weight is 829 g/mol. The molecule has 3 aromatic heterocycles. The van der Waals surface area contributed by atoms with E-state index in [0.717, 1.165) is 0 Å². The molecule has 5 heteroatoms. The van der Waals surface area contributed by atoms with E-state index in [9.17, 15) is 20.6 Å². The molecule has 0 amide bonds. The number of rotatable bonds is 7. The summed E-state index contributed by atoms with van der Waals surface area (Å²) in [7, 11) is 0. The first-order chi connectivity index (χ1) is 46.1. The first-order valence-corrected chi connectivity index (χ1v) is 17.9. The minimum atomic E-state index is -1.26. The summed E-state index contributed by atoms with van der Waals surface area (Å²) in [5.41, 5.74) is -12.2. The van der Waals surface area contributed by atoms with E-state index in [1.807, 2.05) is 0 Å². The van der Waals surface area contributed by atoms with E-state index in [-0.39, 0.29) is 0 Å². The summed E-state index contributed by atoms with van der Waals surface area (Å²) >= 11 is 0. The predicted octanol–water partition coefficient (Wildman–Crippen LogP) is 14.4. The fraction of sp³-hybridized carbons (Fsp3) is 0. The molecule has 0 radical (unpaired) electrons. The van der Waals surface area contributed by atoms with Crippen LogP contribution in [0.1, 0.15) is 50.7 Å². The van der Waals surface area contributed by atoms with Gasteiger partial charge in [-0.05, 0) is 52.0 Å². The fourth-order valence-corrected chi connectivity index (χ4v) is 6.83. The Morgan fingerprint density at radius 3 is 1.39 bits per heavy atom. The molecule has 0 aliphatic rings. The standard InChI is InChI=1S/C57H37N5/c1-4-17-38(18-5-1)40-31-33-42(34-32-40)56-58-55(41-21-8-3-9-22-41)59-57(60-56)62-52-30-15-12-27-47(52)49-36-35-48-46-26-11-14-29-51(46)61(53(48)54(49)62)50-28-13-10-25-45(50)44-24-16-23-43(37-44)39-19-6-2-7-20-39/h1-37H/i1D,2D,3D,4D,5D,6D,7D,8D,9D,10D,11D,12D,13D,14D,15D,16D,17D,18D,19D,20D,21D,22D,23D,24D,25D,26D,27D,28D,29D,30D,31D,32D,33D,34D,35D,36D,37D. The van der Waals surface area contributed by atoms with Gasteiger partial charge in [-0.1, -0.05) is 199 Å². The number of hydrogen-bond acceptors (Lipinski definition) is 3. The first-order valence-electron chi connectivity index (χ1n) is 36.4. The van der Waals surface area contributed by atoms with Gasteiger partial charge >= 0.3 is 0 Å². The molecule has 12 aromatic rings. The maximum Gasteiger partial charge on any atom is 0.238 e. The lowest BCUT2D eigenvalue weighted by atomic mass is 9.98. The van der Waals surface area contributed by atoms with Crippen LogP contribution in [0.25, 0.3) is 111 Å². The van der Waals surface area contributed by atoms with Gasteiger partial charge in [0.05, 0.1) is 78.5 Å². The Morgan fingerprint density at radius 2 is 0.742 bits per heavy atom. The number of fused-ring (bicyclic) bond motifs is 7. The molecule has 0 N–H and O–H groups in total. The van der Waals surface area contributed by atoms with Crippen molar-refractivity contribution in [2.24, 2.45) is 0 Å². The maximum atomic E-state index is 9.92. The van der Waals surface area contributed by atoms with Crippen molar-refractivity contribution in [1.29, 1.82) is 0 Å². The van der Waals surface area contributed by atoms with Gasteiger partial charge in [0.2, 0.25) is 5.95 Å². The third-order valence-corrected chi connectivity index (χ3v) is 9.40. The van der Waals surface area contributed by atoms with Gasteiger partial charge in [-0.25, -0.2) is 4.98 Å². The number of para-hydroxylation sites is 3. The topological polar surface area (TPSA) is 48.5 Å². The number of benzene rings is 9. The Hall–Kier alpha value is -8.41. The van der Waals surface area contributed by atoms with Gasteiger partial charge in [-0.15, -0.1) is 0 Å². The van der Waals surface area contributed by atoms with E-state index in [2.05, 4.69) is 15.0 Å². The van der Waals surface area contributed by atoms with Crippen LogP contribution >= 0.6 is 0 Å². The van der Waals surface area contributed by atoms with E-state index >= 15 is 0 Å². The van der Waals surface area contributed by atoms with E-state index < -0.39 is 335 Å². The van der Waals surface area contributed by atoms with Gasteiger partial charge in [0.25, 0.3) is 0 Å². The highest BCUT2D eigenvalue weighted by Gasteiger charge is 2.24. The molecule has 5 nitrogen and oxygen atoms in total. The van der Waals surface area contributed by atoms with E-state index in [1.165, 1.54) is 0 Å². The molecule has 0 saturated heterocycles. The molecule has 0 aliphatic carbocycles. The maximum absolute atomic E-state index is 9.92. The van der Waals surface area contributed by atoms with Gasteiger partial charge in [-0.3, -0.25) is 4.57 Å². The molecule has 12 rings (SSSR count). The minimum Gasteiger partial charge on any atom is -0.307 e.